The van der Waals surface area contributed by atoms with Gasteiger partial charge in [0.25, 0.3) is 0 Å². The maximum Gasteiger partial charge on any atom is 0.227 e. The van der Waals surface area contributed by atoms with E-state index in [2.05, 4.69) is 47.4 Å². The van der Waals surface area contributed by atoms with Gasteiger partial charge in [0.05, 0.1) is 5.69 Å². The van der Waals surface area contributed by atoms with Crippen molar-refractivity contribution in [3.8, 4) is 0 Å². The van der Waals surface area contributed by atoms with Gasteiger partial charge in [0.1, 0.15) is 0 Å². The smallest absolute Gasteiger partial charge is 0.227 e. The first kappa shape index (κ1) is 11.6. The standard InChI is InChI=1S/C13H14INO/c1-3-10-7-13(16)15(8-10)12-6-9(2)4-5-11(12)14/h3-6,10H,1,7-8H2,2H3. The molecule has 84 valence electrons. The van der Waals surface area contributed by atoms with Gasteiger partial charge in [-0.3, -0.25) is 4.79 Å². The molecule has 1 aliphatic rings. The van der Waals surface area contributed by atoms with Crippen LogP contribution >= 0.6 is 22.6 Å². The van der Waals surface area contributed by atoms with Gasteiger partial charge in [0.2, 0.25) is 5.91 Å². The first-order valence-electron chi connectivity index (χ1n) is 5.31. The van der Waals surface area contributed by atoms with Crippen molar-refractivity contribution in [3.05, 3.63) is 40.0 Å². The molecular weight excluding hydrogens is 313 g/mol. The number of hydrogen-bond acceptors (Lipinski definition) is 1. The molecule has 2 nitrogen and oxygen atoms in total. The van der Waals surface area contributed by atoms with Crippen LogP contribution in [-0.4, -0.2) is 12.5 Å². The molecule has 1 atom stereocenters. The van der Waals surface area contributed by atoms with Gasteiger partial charge < -0.3 is 4.90 Å². The van der Waals surface area contributed by atoms with Crippen molar-refractivity contribution in [2.75, 3.05) is 11.4 Å². The molecule has 0 aromatic heterocycles. The normalized spacial score (nSPS) is 20.2. The Labute approximate surface area is 109 Å². The predicted molar refractivity (Wildman–Crippen MR) is 74.6 cm³/mol. The molecule has 1 aliphatic heterocycles. The average Bonchev–Trinajstić information content (AvgIpc) is 2.63. The highest BCUT2D eigenvalue weighted by molar-refractivity contribution is 14.1. The van der Waals surface area contributed by atoms with Crippen molar-refractivity contribution in [1.29, 1.82) is 0 Å². The Kier molecular flexibility index (Phi) is 3.33. The molecule has 16 heavy (non-hydrogen) atoms. The fraction of sp³-hybridized carbons (Fsp3) is 0.308. The summed E-state index contributed by atoms with van der Waals surface area (Å²) in [5.41, 5.74) is 2.22. The van der Waals surface area contributed by atoms with Gasteiger partial charge in [0, 0.05) is 22.5 Å². The van der Waals surface area contributed by atoms with E-state index in [1.165, 1.54) is 5.56 Å². The summed E-state index contributed by atoms with van der Waals surface area (Å²) in [6.45, 7) is 6.58. The van der Waals surface area contributed by atoms with Gasteiger partial charge >= 0.3 is 0 Å². The van der Waals surface area contributed by atoms with Crippen LogP contribution < -0.4 is 4.90 Å². The van der Waals surface area contributed by atoms with Crippen LogP contribution in [0.3, 0.4) is 0 Å². The zero-order valence-corrected chi connectivity index (χ0v) is 11.4. The summed E-state index contributed by atoms with van der Waals surface area (Å²) in [7, 11) is 0. The minimum atomic E-state index is 0.202. The van der Waals surface area contributed by atoms with Crippen LogP contribution in [0.4, 0.5) is 5.69 Å². The van der Waals surface area contributed by atoms with Crippen molar-refractivity contribution in [2.45, 2.75) is 13.3 Å². The Hall–Kier alpha value is -0.840. The van der Waals surface area contributed by atoms with Crippen LogP contribution in [0.5, 0.6) is 0 Å². The molecule has 0 spiro atoms. The van der Waals surface area contributed by atoms with Crippen LogP contribution in [0.2, 0.25) is 0 Å². The molecule has 1 aromatic carbocycles. The number of rotatable bonds is 2. The van der Waals surface area contributed by atoms with Crippen LogP contribution in [0, 0.1) is 16.4 Å². The largest absolute Gasteiger partial charge is 0.311 e. The lowest BCUT2D eigenvalue weighted by atomic mass is 10.1. The van der Waals surface area contributed by atoms with Crippen molar-refractivity contribution in [1.82, 2.24) is 0 Å². The summed E-state index contributed by atoms with van der Waals surface area (Å²) in [5, 5.41) is 0. The van der Waals surface area contributed by atoms with E-state index in [9.17, 15) is 4.79 Å². The van der Waals surface area contributed by atoms with Gasteiger partial charge in [-0.15, -0.1) is 6.58 Å². The van der Waals surface area contributed by atoms with E-state index < -0.39 is 0 Å². The molecule has 2 rings (SSSR count). The van der Waals surface area contributed by atoms with Crippen molar-refractivity contribution in [2.24, 2.45) is 5.92 Å². The monoisotopic (exact) mass is 327 g/mol. The Morgan fingerprint density at radius 3 is 2.94 bits per heavy atom. The minimum Gasteiger partial charge on any atom is -0.311 e. The number of amides is 1. The van der Waals surface area contributed by atoms with Gasteiger partial charge in [-0.25, -0.2) is 0 Å². The topological polar surface area (TPSA) is 20.3 Å². The third-order valence-corrected chi connectivity index (χ3v) is 3.79. The van der Waals surface area contributed by atoms with Crippen LogP contribution in [0.1, 0.15) is 12.0 Å². The Morgan fingerprint density at radius 1 is 1.56 bits per heavy atom. The van der Waals surface area contributed by atoms with E-state index >= 15 is 0 Å². The SMILES string of the molecule is C=CC1CC(=O)N(c2cc(C)ccc2I)C1. The minimum absolute atomic E-state index is 0.202. The summed E-state index contributed by atoms with van der Waals surface area (Å²) in [6.07, 6.45) is 2.47. The number of nitrogens with zero attached hydrogens (tertiary/aromatic N) is 1. The fourth-order valence-corrected chi connectivity index (χ4v) is 2.58. The molecule has 1 heterocycles. The number of benzene rings is 1. The number of aryl methyl sites for hydroxylation is 1. The molecular formula is C13H14INO. The zero-order valence-electron chi connectivity index (χ0n) is 9.24. The Balaban J connectivity index is 2.34. The molecule has 1 unspecified atom stereocenters. The number of halogens is 1. The summed E-state index contributed by atoms with van der Waals surface area (Å²) in [5.74, 6) is 0.497. The number of carbonyl (C=O) groups is 1. The number of carbonyl (C=O) groups excluding carboxylic acids is 1. The molecule has 0 saturated carbocycles. The molecule has 1 fully saturated rings. The Bertz CT molecular complexity index is 442. The molecule has 1 amide bonds. The van der Waals surface area contributed by atoms with E-state index in [1.54, 1.807) is 0 Å². The van der Waals surface area contributed by atoms with Gasteiger partial charge in [0.15, 0.2) is 0 Å². The molecule has 0 radical (unpaired) electrons. The third kappa shape index (κ3) is 2.14. The third-order valence-electron chi connectivity index (χ3n) is 2.88. The summed E-state index contributed by atoms with van der Waals surface area (Å²) in [4.78, 5) is 13.8. The highest BCUT2D eigenvalue weighted by Gasteiger charge is 2.29. The molecule has 1 saturated heterocycles. The highest BCUT2D eigenvalue weighted by atomic mass is 127. The number of anilines is 1. The fourth-order valence-electron chi connectivity index (χ4n) is 1.96. The molecule has 0 bridgehead atoms. The molecule has 3 heteroatoms. The van der Waals surface area contributed by atoms with Gasteiger partial charge in [-0.1, -0.05) is 12.1 Å². The predicted octanol–water partition coefficient (Wildman–Crippen LogP) is 3.14. The maximum atomic E-state index is 11.9. The summed E-state index contributed by atoms with van der Waals surface area (Å²) in [6, 6.07) is 6.20. The van der Waals surface area contributed by atoms with Crippen LogP contribution in [-0.2, 0) is 4.79 Å². The van der Waals surface area contributed by atoms with Crippen LogP contribution in [0.15, 0.2) is 30.9 Å². The molecule has 1 aromatic rings. The second-order valence-corrected chi connectivity index (χ2v) is 5.32. The second kappa shape index (κ2) is 4.57. The second-order valence-electron chi connectivity index (χ2n) is 4.16. The van der Waals surface area contributed by atoms with E-state index in [0.717, 1.165) is 15.8 Å². The summed E-state index contributed by atoms with van der Waals surface area (Å²) < 4.78 is 1.13. The van der Waals surface area contributed by atoms with E-state index in [4.69, 9.17) is 0 Å². The molecule has 0 N–H and O–H groups in total. The lowest BCUT2D eigenvalue weighted by Gasteiger charge is -2.18. The van der Waals surface area contributed by atoms with Gasteiger partial charge in [-0.05, 0) is 47.2 Å². The van der Waals surface area contributed by atoms with Crippen molar-refractivity contribution in [3.63, 3.8) is 0 Å². The van der Waals surface area contributed by atoms with E-state index in [-0.39, 0.29) is 5.91 Å². The Morgan fingerprint density at radius 2 is 2.31 bits per heavy atom. The average molecular weight is 327 g/mol. The number of hydrogen-bond donors (Lipinski definition) is 0. The van der Waals surface area contributed by atoms with Crippen molar-refractivity contribution < 1.29 is 4.79 Å². The quantitative estimate of drug-likeness (QED) is 0.604. The highest BCUT2D eigenvalue weighted by Crippen LogP contribution is 2.30. The lowest BCUT2D eigenvalue weighted by molar-refractivity contribution is -0.117. The first-order valence-corrected chi connectivity index (χ1v) is 6.38. The van der Waals surface area contributed by atoms with Crippen molar-refractivity contribution >= 4 is 34.2 Å². The lowest BCUT2D eigenvalue weighted by Crippen LogP contribution is -2.25. The summed E-state index contributed by atoms with van der Waals surface area (Å²) >= 11 is 2.28. The van der Waals surface area contributed by atoms with Crippen LogP contribution in [0.25, 0.3) is 0 Å². The van der Waals surface area contributed by atoms with E-state index in [0.29, 0.717) is 12.3 Å². The zero-order chi connectivity index (χ0) is 11.7. The molecule has 0 aliphatic carbocycles. The maximum absolute atomic E-state index is 11.9. The van der Waals surface area contributed by atoms with Gasteiger partial charge in [-0.2, -0.15) is 0 Å². The first-order chi connectivity index (χ1) is 7.61. The van der Waals surface area contributed by atoms with E-state index in [1.807, 2.05) is 17.9 Å².